The van der Waals surface area contributed by atoms with Crippen molar-refractivity contribution in [2.45, 2.75) is 19.8 Å². The van der Waals surface area contributed by atoms with Gasteiger partial charge in [0.15, 0.2) is 0 Å². The van der Waals surface area contributed by atoms with Crippen molar-refractivity contribution in [2.24, 2.45) is 0 Å². The molecule has 1 N–H and O–H groups in total. The van der Waals surface area contributed by atoms with Crippen LogP contribution in [0.3, 0.4) is 0 Å². The number of aryl methyl sites for hydroxylation is 1. The second-order valence-corrected chi connectivity index (χ2v) is 6.27. The van der Waals surface area contributed by atoms with Gasteiger partial charge in [0.05, 0.1) is 12.8 Å². The maximum absolute atomic E-state index is 12.2. The molecular formula is C21H22N2O3. The van der Waals surface area contributed by atoms with Crippen molar-refractivity contribution in [3.8, 4) is 5.75 Å². The van der Waals surface area contributed by atoms with E-state index in [1.54, 1.807) is 18.1 Å². The number of nitrogens with zero attached hydrogens (tertiary/aromatic N) is 1. The van der Waals surface area contributed by atoms with E-state index in [0.717, 1.165) is 29.8 Å². The van der Waals surface area contributed by atoms with Crippen LogP contribution < -0.4 is 15.0 Å². The molecule has 1 fully saturated rings. The van der Waals surface area contributed by atoms with Crippen LogP contribution in [-0.4, -0.2) is 25.5 Å². The quantitative estimate of drug-likeness (QED) is 0.835. The van der Waals surface area contributed by atoms with Crippen molar-refractivity contribution in [1.29, 1.82) is 0 Å². The van der Waals surface area contributed by atoms with Crippen molar-refractivity contribution in [1.82, 2.24) is 0 Å². The highest BCUT2D eigenvalue weighted by molar-refractivity contribution is 6.03. The number of nitrogens with one attached hydrogen (secondary N) is 1. The van der Waals surface area contributed by atoms with Crippen molar-refractivity contribution in [3.63, 3.8) is 0 Å². The summed E-state index contributed by atoms with van der Waals surface area (Å²) in [6, 6.07) is 13.2. The first kappa shape index (κ1) is 17.7. The van der Waals surface area contributed by atoms with Gasteiger partial charge in [0.1, 0.15) is 5.75 Å². The molecule has 5 heteroatoms. The molecule has 26 heavy (non-hydrogen) atoms. The van der Waals surface area contributed by atoms with E-state index in [4.69, 9.17) is 4.74 Å². The summed E-state index contributed by atoms with van der Waals surface area (Å²) in [5.41, 5.74) is 3.48. The number of ether oxygens (including phenoxy) is 1. The van der Waals surface area contributed by atoms with E-state index >= 15 is 0 Å². The molecule has 5 nitrogen and oxygen atoms in total. The predicted octanol–water partition coefficient (Wildman–Crippen LogP) is 3.78. The Hall–Kier alpha value is -3.08. The zero-order valence-electron chi connectivity index (χ0n) is 15.0. The number of carbonyl (C=O) groups excluding carboxylic acids is 2. The highest BCUT2D eigenvalue weighted by Gasteiger charge is 2.21. The van der Waals surface area contributed by atoms with Gasteiger partial charge in [0.2, 0.25) is 11.8 Å². The van der Waals surface area contributed by atoms with Gasteiger partial charge >= 0.3 is 0 Å². The summed E-state index contributed by atoms with van der Waals surface area (Å²) in [7, 11) is 1.57. The Labute approximate surface area is 153 Å². The van der Waals surface area contributed by atoms with Crippen LogP contribution in [0, 0.1) is 6.92 Å². The highest BCUT2D eigenvalue weighted by atomic mass is 16.5. The van der Waals surface area contributed by atoms with Gasteiger partial charge in [-0.1, -0.05) is 18.2 Å². The summed E-state index contributed by atoms with van der Waals surface area (Å²) >= 11 is 0. The van der Waals surface area contributed by atoms with Gasteiger partial charge in [-0.25, -0.2) is 0 Å². The number of benzene rings is 2. The van der Waals surface area contributed by atoms with Gasteiger partial charge in [-0.3, -0.25) is 9.59 Å². The van der Waals surface area contributed by atoms with Crippen LogP contribution in [0.4, 0.5) is 11.4 Å². The molecule has 0 spiro atoms. The number of hydrogen-bond donors (Lipinski definition) is 1. The Balaban J connectivity index is 1.65. The lowest BCUT2D eigenvalue weighted by Crippen LogP contribution is -2.23. The van der Waals surface area contributed by atoms with Gasteiger partial charge in [-0.15, -0.1) is 0 Å². The second-order valence-electron chi connectivity index (χ2n) is 6.27. The van der Waals surface area contributed by atoms with E-state index in [1.165, 1.54) is 6.08 Å². The normalized spacial score (nSPS) is 14.1. The molecule has 2 aromatic rings. The molecule has 0 saturated carbocycles. The number of methoxy groups -OCH3 is 1. The third-order valence-corrected chi connectivity index (χ3v) is 4.32. The van der Waals surface area contributed by atoms with Crippen molar-refractivity contribution >= 4 is 29.3 Å². The number of carbonyl (C=O) groups is 2. The third kappa shape index (κ3) is 4.11. The molecule has 1 aliphatic heterocycles. The Morgan fingerprint density at radius 2 is 1.96 bits per heavy atom. The molecule has 1 heterocycles. The predicted molar refractivity (Wildman–Crippen MR) is 103 cm³/mol. The van der Waals surface area contributed by atoms with Gasteiger partial charge in [0.25, 0.3) is 0 Å². The molecule has 0 aromatic heterocycles. The number of anilines is 2. The molecule has 0 radical (unpaired) electrons. The molecule has 2 aromatic carbocycles. The minimum atomic E-state index is -0.229. The summed E-state index contributed by atoms with van der Waals surface area (Å²) in [4.78, 5) is 25.7. The summed E-state index contributed by atoms with van der Waals surface area (Å²) in [6.45, 7) is 2.73. The molecule has 0 bridgehead atoms. The van der Waals surface area contributed by atoms with Crippen molar-refractivity contribution in [2.75, 3.05) is 23.9 Å². The van der Waals surface area contributed by atoms with E-state index in [-0.39, 0.29) is 11.8 Å². The van der Waals surface area contributed by atoms with E-state index in [9.17, 15) is 9.59 Å². The summed E-state index contributed by atoms with van der Waals surface area (Å²) in [5.74, 6) is 0.560. The molecule has 0 aliphatic carbocycles. The van der Waals surface area contributed by atoms with Crippen LogP contribution in [0.15, 0.2) is 48.5 Å². The van der Waals surface area contributed by atoms with E-state index in [0.29, 0.717) is 17.9 Å². The maximum atomic E-state index is 12.2. The van der Waals surface area contributed by atoms with Gasteiger partial charge < -0.3 is 15.0 Å². The Morgan fingerprint density at radius 3 is 2.62 bits per heavy atom. The lowest BCUT2D eigenvalue weighted by molar-refractivity contribution is -0.117. The van der Waals surface area contributed by atoms with Crippen molar-refractivity contribution < 1.29 is 14.3 Å². The van der Waals surface area contributed by atoms with Gasteiger partial charge in [0, 0.05) is 24.7 Å². The topological polar surface area (TPSA) is 58.6 Å². The Bertz CT molecular complexity index is 841. The lowest BCUT2D eigenvalue weighted by Gasteiger charge is -2.15. The molecule has 2 amide bonds. The first-order chi connectivity index (χ1) is 12.6. The zero-order chi connectivity index (χ0) is 18.5. The fourth-order valence-electron chi connectivity index (χ4n) is 2.95. The fraction of sp³-hybridized carbons (Fsp3) is 0.238. The fourth-order valence-corrected chi connectivity index (χ4v) is 2.95. The van der Waals surface area contributed by atoms with Crippen LogP contribution in [0.1, 0.15) is 24.0 Å². The van der Waals surface area contributed by atoms with Gasteiger partial charge in [-0.2, -0.15) is 0 Å². The molecule has 1 saturated heterocycles. The van der Waals surface area contributed by atoms with Gasteiger partial charge in [-0.05, 0) is 54.8 Å². The number of hydrogen-bond acceptors (Lipinski definition) is 3. The molecule has 0 unspecified atom stereocenters. The standard InChI is InChI=1S/C21H22N2O3/c1-15-5-11-19(26-2)18(14-15)22-20(24)12-8-16-6-9-17(10-7-16)23-13-3-4-21(23)25/h5-12,14H,3-4,13H2,1-2H3,(H,22,24)/b12-8+. The maximum Gasteiger partial charge on any atom is 0.248 e. The summed E-state index contributed by atoms with van der Waals surface area (Å²) < 4.78 is 5.26. The molecule has 3 rings (SSSR count). The largest absolute Gasteiger partial charge is 0.495 e. The average Bonchev–Trinajstić information content (AvgIpc) is 3.07. The summed E-state index contributed by atoms with van der Waals surface area (Å²) in [5, 5.41) is 2.83. The zero-order valence-corrected chi connectivity index (χ0v) is 15.0. The Morgan fingerprint density at radius 1 is 1.19 bits per heavy atom. The van der Waals surface area contributed by atoms with Crippen LogP contribution in [0.5, 0.6) is 5.75 Å². The molecule has 134 valence electrons. The van der Waals surface area contributed by atoms with Crippen LogP contribution >= 0.6 is 0 Å². The van der Waals surface area contributed by atoms with Crippen LogP contribution in [0.25, 0.3) is 6.08 Å². The molecule has 0 atom stereocenters. The van der Waals surface area contributed by atoms with E-state index < -0.39 is 0 Å². The smallest absolute Gasteiger partial charge is 0.248 e. The SMILES string of the molecule is COc1ccc(C)cc1NC(=O)/C=C/c1ccc(N2CCCC2=O)cc1. The molecular weight excluding hydrogens is 328 g/mol. The third-order valence-electron chi connectivity index (χ3n) is 4.32. The first-order valence-electron chi connectivity index (χ1n) is 8.61. The molecule has 1 aliphatic rings. The summed E-state index contributed by atoms with van der Waals surface area (Å²) in [6.07, 6.45) is 4.75. The van der Waals surface area contributed by atoms with Crippen LogP contribution in [0.2, 0.25) is 0 Å². The van der Waals surface area contributed by atoms with E-state index in [2.05, 4.69) is 5.32 Å². The lowest BCUT2D eigenvalue weighted by atomic mass is 10.1. The second kappa shape index (κ2) is 7.87. The van der Waals surface area contributed by atoms with E-state index in [1.807, 2.05) is 49.4 Å². The Kier molecular flexibility index (Phi) is 5.37. The first-order valence-corrected chi connectivity index (χ1v) is 8.61. The minimum absolute atomic E-state index is 0.166. The number of rotatable bonds is 5. The number of amides is 2. The van der Waals surface area contributed by atoms with Crippen LogP contribution in [-0.2, 0) is 9.59 Å². The minimum Gasteiger partial charge on any atom is -0.495 e. The van der Waals surface area contributed by atoms with Crippen molar-refractivity contribution in [3.05, 3.63) is 59.7 Å². The monoisotopic (exact) mass is 350 g/mol. The highest BCUT2D eigenvalue weighted by Crippen LogP contribution is 2.25. The average molecular weight is 350 g/mol.